The number of rotatable bonds is 12. The molecule has 0 saturated carbocycles. The Morgan fingerprint density at radius 1 is 0.271 bits per heavy atom. The van der Waals surface area contributed by atoms with Crippen molar-refractivity contribution in [1.29, 1.82) is 0 Å². The molecule has 0 aliphatic heterocycles. The molecule has 456 valence electrons. The second kappa shape index (κ2) is 31.0. The Bertz CT molecular complexity index is 3020. The van der Waals surface area contributed by atoms with Crippen molar-refractivity contribution in [3.8, 4) is 23.0 Å². The third-order valence-corrected chi connectivity index (χ3v) is 10.3. The Morgan fingerprint density at radius 3 is 0.541 bits per heavy atom. The van der Waals surface area contributed by atoms with Gasteiger partial charge in [0.15, 0.2) is 0 Å². The van der Waals surface area contributed by atoms with Crippen LogP contribution in [0, 0.1) is 0 Å². The first kappa shape index (κ1) is 73.5. The van der Waals surface area contributed by atoms with Gasteiger partial charge in [-0.15, -0.1) is 23.0 Å². The maximum atomic E-state index is 10.9. The maximum Gasteiger partial charge on any atom is 3.00 e. The summed E-state index contributed by atoms with van der Waals surface area (Å²) < 4.78 is 118. The van der Waals surface area contributed by atoms with E-state index in [9.17, 15) is 70.8 Å². The Kier molecular flexibility index (Phi) is 26.8. The van der Waals surface area contributed by atoms with Gasteiger partial charge in [0.05, 0.1) is 34.2 Å². The van der Waals surface area contributed by atoms with Crippen molar-refractivity contribution < 1.29 is 110 Å². The van der Waals surface area contributed by atoms with E-state index in [1.807, 2.05) is 195 Å². The third-order valence-electron chi connectivity index (χ3n) is 10.3. The molecule has 10 aromatic rings. The fourth-order valence-electron chi connectivity index (χ4n) is 7.06. The Hall–Kier alpha value is -7.59. The second-order valence-electron chi connectivity index (χ2n) is 17.4. The zero-order valence-electron chi connectivity index (χ0n) is 43.8. The van der Waals surface area contributed by atoms with E-state index in [2.05, 4.69) is 39.7 Å². The van der Waals surface area contributed by atoms with Crippen molar-refractivity contribution >= 4 is 37.2 Å². The van der Waals surface area contributed by atoms with Crippen LogP contribution in [0.3, 0.4) is 0 Å². The number of halogens is 12. The SMILES string of the molecule is F[P-](F)(F)(F)(F)F.F[P-](F)(F)(F)(F)F.O.[Co+3].[Co+3].[O-]c1cc2ccccc2cc1[O-].[O-]c1cc2ccccc2cc1[O-].c1ccc(CN(Cc2ccccn2)Cc2ccccn2)nc1.c1ccc(CN(Cc2ccccn2)Cc2ccccn2)nc1. The number of hydrogen-bond acceptors (Lipinski definition) is 12. The summed E-state index contributed by atoms with van der Waals surface area (Å²) in [5.41, 5.74) is 6.30. The van der Waals surface area contributed by atoms with Crippen molar-refractivity contribution in [2.24, 2.45) is 0 Å². The monoisotopic (exact) mass is 1320 g/mol. The standard InChI is InChI=1S/2C18H18N4.2C10H8O2.2Co.2F6P.H2O/c2*1-4-10-19-16(7-1)13-22(14-17-8-2-5-11-20-17)15-18-9-3-6-12-21-18;2*11-9-5-7-3-1-2-4-8(7)6-10(9)12;;;2*1-7(2,3,4,5)6;/h2*1-12H,13-15H2;2*1-6,11-12H;;;;;1H2/q;;;;2*+3;2*-1;/p-4. The van der Waals surface area contributed by atoms with Crippen molar-refractivity contribution in [3.05, 3.63) is 253 Å². The Labute approximate surface area is 500 Å². The van der Waals surface area contributed by atoms with E-state index < -0.39 is 38.6 Å². The van der Waals surface area contributed by atoms with Crippen molar-refractivity contribution in [1.82, 2.24) is 39.7 Å². The minimum atomic E-state index is -10.7. The molecular formula is C56H50Co2F12N8O5P2. The molecule has 0 atom stereocenters. The number of nitrogens with zero attached hydrogens (tertiary/aromatic N) is 8. The van der Waals surface area contributed by atoms with Crippen LogP contribution in [-0.4, -0.2) is 45.2 Å². The predicted octanol–water partition coefficient (Wildman–Crippen LogP) is 14.1. The van der Waals surface area contributed by atoms with E-state index in [1.165, 1.54) is 24.3 Å². The number of fused-ring (bicyclic) bond motifs is 2. The molecule has 0 aliphatic rings. The largest absolute Gasteiger partial charge is 3.00 e. The molecule has 0 amide bonds. The smallest absolute Gasteiger partial charge is 0.873 e. The molecular weight excluding hydrogens is 1270 g/mol. The van der Waals surface area contributed by atoms with E-state index in [1.54, 1.807) is 0 Å². The minimum Gasteiger partial charge on any atom is -0.873 e. The van der Waals surface area contributed by atoms with Gasteiger partial charge < -0.3 is 25.9 Å². The first-order chi connectivity index (χ1) is 38.2. The number of pyridine rings is 6. The average molecular weight is 1320 g/mol. The fourth-order valence-corrected chi connectivity index (χ4v) is 7.06. The van der Waals surface area contributed by atoms with Crippen LogP contribution in [0.1, 0.15) is 34.2 Å². The Balaban J connectivity index is 0.000000365. The molecule has 85 heavy (non-hydrogen) atoms. The van der Waals surface area contributed by atoms with Crippen molar-refractivity contribution in [3.63, 3.8) is 0 Å². The van der Waals surface area contributed by atoms with Crippen LogP contribution in [0.25, 0.3) is 21.5 Å². The van der Waals surface area contributed by atoms with Crippen LogP contribution in [0.15, 0.2) is 219 Å². The van der Waals surface area contributed by atoms with Gasteiger partial charge in [-0.1, -0.05) is 109 Å². The van der Waals surface area contributed by atoms with Crippen LogP contribution in [0.2, 0.25) is 0 Å². The van der Waals surface area contributed by atoms with E-state index >= 15 is 0 Å². The normalized spacial score (nSPS) is 12.3. The van der Waals surface area contributed by atoms with Crippen molar-refractivity contribution in [2.45, 2.75) is 39.3 Å². The van der Waals surface area contributed by atoms with E-state index in [-0.39, 0.29) is 39.0 Å². The summed E-state index contributed by atoms with van der Waals surface area (Å²) in [6, 6.07) is 56.1. The number of aromatic nitrogens is 6. The molecule has 6 heterocycles. The van der Waals surface area contributed by atoms with Crippen molar-refractivity contribution in [2.75, 3.05) is 0 Å². The maximum absolute atomic E-state index is 10.9. The van der Waals surface area contributed by atoms with Crippen LogP contribution < -0.4 is 20.4 Å². The summed E-state index contributed by atoms with van der Waals surface area (Å²) in [4.78, 5) is 31.1. The van der Waals surface area contributed by atoms with Gasteiger partial charge >= 0.3 is 99.5 Å². The van der Waals surface area contributed by atoms with E-state index in [0.717, 1.165) is 95.0 Å². The Morgan fingerprint density at radius 2 is 0.412 bits per heavy atom. The van der Waals surface area contributed by atoms with Gasteiger partial charge in [0.2, 0.25) is 0 Å². The molecule has 0 aliphatic carbocycles. The summed E-state index contributed by atoms with van der Waals surface area (Å²) in [6.45, 7) is 4.63. The van der Waals surface area contributed by atoms with Crippen LogP contribution in [0.5, 0.6) is 23.0 Å². The molecule has 13 nitrogen and oxygen atoms in total. The zero-order chi connectivity index (χ0) is 60.0. The quantitative estimate of drug-likeness (QED) is 0.0827. The van der Waals surface area contributed by atoms with E-state index in [4.69, 9.17) is 0 Å². The molecule has 10 rings (SSSR count). The first-order valence-corrected chi connectivity index (χ1v) is 28.0. The molecule has 0 fully saturated rings. The van der Waals surface area contributed by atoms with Gasteiger partial charge in [0, 0.05) is 76.4 Å². The van der Waals surface area contributed by atoms with Crippen LogP contribution in [0.4, 0.5) is 50.4 Å². The number of benzene rings is 4. The van der Waals surface area contributed by atoms with Gasteiger partial charge in [-0.2, -0.15) is 0 Å². The predicted molar refractivity (Wildman–Crippen MR) is 288 cm³/mol. The summed E-state index contributed by atoms with van der Waals surface area (Å²) in [5.74, 6) is -1.75. The second-order valence-corrected chi connectivity index (χ2v) is 21.3. The summed E-state index contributed by atoms with van der Waals surface area (Å²) in [7, 11) is -21.3. The van der Waals surface area contributed by atoms with Crippen LogP contribution >= 0.6 is 15.6 Å². The zero-order valence-corrected chi connectivity index (χ0v) is 47.7. The molecule has 0 spiro atoms. The molecule has 6 aromatic heterocycles. The number of hydrogen-bond donors (Lipinski definition) is 0. The van der Waals surface area contributed by atoms with Gasteiger partial charge in [0.1, 0.15) is 0 Å². The minimum absolute atomic E-state index is 0. The molecule has 4 aromatic carbocycles. The summed E-state index contributed by atoms with van der Waals surface area (Å²) in [6.07, 6.45) is 11.0. The molecule has 0 bridgehead atoms. The fraction of sp³-hybridized carbons (Fsp3) is 0.107. The topological polar surface area (TPSA) is 208 Å². The first-order valence-electron chi connectivity index (χ1n) is 24.0. The molecule has 29 heteroatoms. The summed E-state index contributed by atoms with van der Waals surface area (Å²) in [5, 5.41) is 47.0. The van der Waals surface area contributed by atoms with E-state index in [0.29, 0.717) is 0 Å². The van der Waals surface area contributed by atoms with Crippen LogP contribution in [-0.2, 0) is 72.8 Å². The molecule has 0 saturated heterocycles. The van der Waals surface area contributed by atoms with Gasteiger partial charge in [0.25, 0.3) is 0 Å². The molecule has 0 unspecified atom stereocenters. The third kappa shape index (κ3) is 34.7. The summed E-state index contributed by atoms with van der Waals surface area (Å²) >= 11 is 0. The van der Waals surface area contributed by atoms with Gasteiger partial charge in [-0.3, -0.25) is 39.7 Å². The average Bonchev–Trinajstić information content (AvgIpc) is 1.97. The van der Waals surface area contributed by atoms with Gasteiger partial charge in [-0.25, -0.2) is 0 Å². The molecule has 2 N–H and O–H groups in total. The van der Waals surface area contributed by atoms with Gasteiger partial charge in [-0.05, 0) is 94.3 Å². The molecule has 0 radical (unpaired) electrons.